The molecule has 1 aliphatic rings. The second-order valence-corrected chi connectivity index (χ2v) is 8.51. The van der Waals surface area contributed by atoms with E-state index in [1.807, 2.05) is 6.92 Å². The van der Waals surface area contributed by atoms with E-state index in [1.165, 1.54) is 12.1 Å². The molecule has 10 nitrogen and oxygen atoms in total. The molecule has 1 unspecified atom stereocenters. The lowest BCUT2D eigenvalue weighted by Crippen LogP contribution is -2.54. The summed E-state index contributed by atoms with van der Waals surface area (Å²) in [7, 11) is -3.88. The van der Waals surface area contributed by atoms with E-state index in [-0.39, 0.29) is 24.4 Å². The Kier molecular flexibility index (Phi) is 7.97. The fraction of sp³-hybridized carbons (Fsp3) is 0.500. The molecule has 0 saturated carbocycles. The quantitative estimate of drug-likeness (QED) is 0.441. The summed E-state index contributed by atoms with van der Waals surface area (Å²) < 4.78 is 26.8. The zero-order valence-electron chi connectivity index (χ0n) is 16.1. The van der Waals surface area contributed by atoms with E-state index < -0.39 is 40.0 Å². The molecule has 0 radical (unpaired) electrons. The summed E-state index contributed by atoms with van der Waals surface area (Å²) in [5.41, 5.74) is 0. The summed E-state index contributed by atoms with van der Waals surface area (Å²) >= 11 is 0. The SMILES string of the molecule is CCCNC(=O)NC[C@H](NC(=O)C1CCCN1S(=O)(=O)c1ccccc1)C(=O)O. The van der Waals surface area contributed by atoms with Gasteiger partial charge in [-0.2, -0.15) is 4.31 Å². The third-order valence-electron chi connectivity index (χ3n) is 4.47. The van der Waals surface area contributed by atoms with Gasteiger partial charge in [-0.15, -0.1) is 0 Å². The van der Waals surface area contributed by atoms with Gasteiger partial charge in [-0.25, -0.2) is 18.0 Å². The minimum absolute atomic E-state index is 0.0729. The fourth-order valence-corrected chi connectivity index (χ4v) is 4.66. The van der Waals surface area contributed by atoms with Crippen LogP contribution in [0.25, 0.3) is 0 Å². The van der Waals surface area contributed by atoms with Crippen LogP contribution in [0.5, 0.6) is 0 Å². The van der Waals surface area contributed by atoms with E-state index in [0.717, 1.165) is 10.7 Å². The first-order chi connectivity index (χ1) is 13.8. The van der Waals surface area contributed by atoms with Crippen LogP contribution in [0, 0.1) is 0 Å². The Bertz CT molecular complexity index is 830. The van der Waals surface area contributed by atoms with Crippen molar-refractivity contribution in [1.82, 2.24) is 20.3 Å². The second kappa shape index (κ2) is 10.2. The maximum absolute atomic E-state index is 12.8. The lowest BCUT2D eigenvalue weighted by Gasteiger charge is -2.25. The van der Waals surface area contributed by atoms with Crippen molar-refractivity contribution < 1.29 is 27.9 Å². The predicted octanol–water partition coefficient (Wildman–Crippen LogP) is 0.118. The van der Waals surface area contributed by atoms with E-state index in [4.69, 9.17) is 0 Å². The first-order valence-electron chi connectivity index (χ1n) is 9.39. The monoisotopic (exact) mass is 426 g/mol. The predicted molar refractivity (Wildman–Crippen MR) is 105 cm³/mol. The van der Waals surface area contributed by atoms with Crippen LogP contribution in [0.15, 0.2) is 35.2 Å². The Morgan fingerprint density at radius 1 is 1.21 bits per heavy atom. The van der Waals surface area contributed by atoms with Gasteiger partial charge in [0.05, 0.1) is 11.4 Å². The van der Waals surface area contributed by atoms with Crippen molar-refractivity contribution in [1.29, 1.82) is 0 Å². The lowest BCUT2D eigenvalue weighted by atomic mass is 10.2. The zero-order chi connectivity index (χ0) is 21.4. The standard InChI is InChI=1S/C18H26N4O6S/c1-2-10-19-18(26)20-12-14(17(24)25)21-16(23)15-9-6-11-22(15)29(27,28)13-7-4-3-5-8-13/h3-5,7-8,14-15H,2,6,9-12H2,1H3,(H,21,23)(H,24,25)(H2,19,20,26)/t14-,15?/m0/s1. The van der Waals surface area contributed by atoms with Crippen LogP contribution in [0.1, 0.15) is 26.2 Å². The number of urea groups is 1. The van der Waals surface area contributed by atoms with Gasteiger partial charge in [-0.3, -0.25) is 4.79 Å². The smallest absolute Gasteiger partial charge is 0.328 e. The number of amides is 3. The average Bonchev–Trinajstić information content (AvgIpc) is 3.20. The molecule has 0 aromatic heterocycles. The van der Waals surface area contributed by atoms with Crippen molar-refractivity contribution in [3.05, 3.63) is 30.3 Å². The van der Waals surface area contributed by atoms with Crippen molar-refractivity contribution in [2.24, 2.45) is 0 Å². The second-order valence-electron chi connectivity index (χ2n) is 6.62. The van der Waals surface area contributed by atoms with Crippen LogP contribution < -0.4 is 16.0 Å². The van der Waals surface area contributed by atoms with Crippen LogP contribution in [0.3, 0.4) is 0 Å². The van der Waals surface area contributed by atoms with Crippen molar-refractivity contribution in [2.45, 2.75) is 43.2 Å². The van der Waals surface area contributed by atoms with Crippen LogP contribution in [-0.2, 0) is 19.6 Å². The van der Waals surface area contributed by atoms with Crippen molar-refractivity contribution in [3.8, 4) is 0 Å². The topological polar surface area (TPSA) is 145 Å². The molecule has 160 valence electrons. The number of carbonyl (C=O) groups is 3. The molecular weight excluding hydrogens is 400 g/mol. The number of nitrogens with one attached hydrogen (secondary N) is 3. The number of sulfonamides is 1. The van der Waals surface area contributed by atoms with Gasteiger partial charge >= 0.3 is 12.0 Å². The summed E-state index contributed by atoms with van der Waals surface area (Å²) in [6.07, 6.45) is 1.49. The van der Waals surface area contributed by atoms with Crippen molar-refractivity contribution in [3.63, 3.8) is 0 Å². The summed E-state index contributed by atoms with van der Waals surface area (Å²) in [6.45, 7) is 2.15. The summed E-state index contributed by atoms with van der Waals surface area (Å²) in [6, 6.07) is 4.84. The molecular formula is C18H26N4O6S. The van der Waals surface area contributed by atoms with Gasteiger partial charge in [0.25, 0.3) is 0 Å². The zero-order valence-corrected chi connectivity index (χ0v) is 16.9. The highest BCUT2D eigenvalue weighted by atomic mass is 32.2. The average molecular weight is 426 g/mol. The van der Waals surface area contributed by atoms with Gasteiger partial charge in [0.1, 0.15) is 12.1 Å². The maximum atomic E-state index is 12.8. The first-order valence-corrected chi connectivity index (χ1v) is 10.8. The molecule has 2 rings (SSSR count). The normalized spacial score (nSPS) is 18.0. The molecule has 2 atom stereocenters. The number of carbonyl (C=O) groups excluding carboxylic acids is 2. The maximum Gasteiger partial charge on any atom is 0.328 e. The van der Waals surface area contributed by atoms with Crippen LogP contribution >= 0.6 is 0 Å². The number of benzene rings is 1. The van der Waals surface area contributed by atoms with Gasteiger partial charge in [0, 0.05) is 13.1 Å². The molecule has 0 bridgehead atoms. The first kappa shape index (κ1) is 22.6. The molecule has 1 aliphatic heterocycles. The third-order valence-corrected chi connectivity index (χ3v) is 6.40. The van der Waals surface area contributed by atoms with Crippen LogP contribution in [0.2, 0.25) is 0 Å². The Labute approximate surface area is 169 Å². The summed E-state index contributed by atoms with van der Waals surface area (Å²) in [5.74, 6) is -2.03. The van der Waals surface area contributed by atoms with Crippen LogP contribution in [-0.4, -0.2) is 67.5 Å². The third kappa shape index (κ3) is 5.91. The molecule has 1 fully saturated rings. The number of hydrogen-bond acceptors (Lipinski definition) is 5. The molecule has 11 heteroatoms. The van der Waals surface area contributed by atoms with Gasteiger partial charge in [0.2, 0.25) is 15.9 Å². The largest absolute Gasteiger partial charge is 0.480 e. The molecule has 29 heavy (non-hydrogen) atoms. The minimum Gasteiger partial charge on any atom is -0.480 e. The van der Waals surface area contributed by atoms with E-state index in [1.54, 1.807) is 18.2 Å². The highest BCUT2D eigenvalue weighted by Gasteiger charge is 2.40. The summed E-state index contributed by atoms with van der Waals surface area (Å²) in [4.78, 5) is 35.8. The van der Waals surface area contributed by atoms with Crippen molar-refractivity contribution in [2.75, 3.05) is 19.6 Å². The Hall–Kier alpha value is -2.66. The van der Waals surface area contributed by atoms with Crippen LogP contribution in [0.4, 0.5) is 4.79 Å². The van der Waals surface area contributed by atoms with E-state index >= 15 is 0 Å². The Balaban J connectivity index is 2.05. The van der Waals surface area contributed by atoms with Gasteiger partial charge in [-0.1, -0.05) is 25.1 Å². The van der Waals surface area contributed by atoms with Gasteiger partial charge in [0.15, 0.2) is 0 Å². The molecule has 1 aromatic carbocycles. The molecule has 0 spiro atoms. The number of nitrogens with zero attached hydrogens (tertiary/aromatic N) is 1. The highest BCUT2D eigenvalue weighted by molar-refractivity contribution is 7.89. The lowest BCUT2D eigenvalue weighted by molar-refractivity contribution is -0.142. The van der Waals surface area contributed by atoms with E-state index in [0.29, 0.717) is 13.0 Å². The van der Waals surface area contributed by atoms with Gasteiger partial charge < -0.3 is 21.1 Å². The number of carboxylic acid groups (broad SMARTS) is 1. The molecule has 4 N–H and O–H groups in total. The molecule has 0 aliphatic carbocycles. The fourth-order valence-electron chi connectivity index (χ4n) is 2.98. The number of carboxylic acids is 1. The highest BCUT2D eigenvalue weighted by Crippen LogP contribution is 2.26. The number of rotatable bonds is 9. The van der Waals surface area contributed by atoms with Crippen molar-refractivity contribution >= 4 is 27.9 Å². The van der Waals surface area contributed by atoms with E-state index in [2.05, 4.69) is 16.0 Å². The Morgan fingerprint density at radius 2 is 1.90 bits per heavy atom. The molecule has 1 aromatic rings. The minimum atomic E-state index is -3.88. The molecule has 1 heterocycles. The molecule has 1 saturated heterocycles. The molecule has 3 amide bonds. The Morgan fingerprint density at radius 3 is 2.52 bits per heavy atom. The number of aliphatic carboxylic acids is 1. The van der Waals surface area contributed by atoms with E-state index in [9.17, 15) is 27.9 Å². The van der Waals surface area contributed by atoms with Gasteiger partial charge in [-0.05, 0) is 31.4 Å². The summed E-state index contributed by atoms with van der Waals surface area (Å²) in [5, 5.41) is 16.6. The number of hydrogen-bond donors (Lipinski definition) is 4.